The van der Waals surface area contributed by atoms with Gasteiger partial charge in [-0.15, -0.1) is 0 Å². The van der Waals surface area contributed by atoms with Gasteiger partial charge in [-0.2, -0.15) is 10.1 Å². The van der Waals surface area contributed by atoms with Gasteiger partial charge in [0.1, 0.15) is 6.61 Å². The number of esters is 2. The fourth-order valence-corrected chi connectivity index (χ4v) is 8.94. The molecule has 0 radical (unpaired) electrons. The lowest BCUT2D eigenvalue weighted by Gasteiger charge is -2.59. The molecule has 0 atom stereocenters. The first-order valence-corrected chi connectivity index (χ1v) is 19.3. The standard InChI is InChI=1S/C39H70N2O10/c1-14-36(25-45-38(46-26-36)22-34(10,11)41(35(12,13)23-38)50-19-29(4)5)24-44-30(42)17-18-31(43)51-37(15-2)27-47-39(48-28-37)20-32(6,7)40(49-16-3)33(8,9)21-39/h29H,14-28H2,1-13H3. The Balaban J connectivity index is 1.25. The zero-order valence-electron chi connectivity index (χ0n) is 34.2. The summed E-state index contributed by atoms with van der Waals surface area (Å²) in [4.78, 5) is 38.3. The van der Waals surface area contributed by atoms with E-state index in [2.05, 4.69) is 86.3 Å². The second kappa shape index (κ2) is 15.4. The van der Waals surface area contributed by atoms with Crippen molar-refractivity contribution in [3.05, 3.63) is 0 Å². The normalized spacial score (nSPS) is 27.3. The highest BCUT2D eigenvalue weighted by Crippen LogP contribution is 2.50. The maximum Gasteiger partial charge on any atom is 0.307 e. The number of carbonyl (C=O) groups excluding carboxylic acids is 2. The zero-order valence-corrected chi connectivity index (χ0v) is 34.2. The number of piperidine rings is 2. The van der Waals surface area contributed by atoms with Crippen LogP contribution in [0, 0.1) is 11.3 Å². The van der Waals surface area contributed by atoms with E-state index in [1.807, 2.05) is 13.8 Å². The van der Waals surface area contributed by atoms with Crippen LogP contribution in [0.25, 0.3) is 0 Å². The molecule has 0 aromatic carbocycles. The molecular weight excluding hydrogens is 656 g/mol. The van der Waals surface area contributed by atoms with E-state index in [9.17, 15) is 9.59 Å². The monoisotopic (exact) mass is 727 g/mol. The number of rotatable bonds is 13. The van der Waals surface area contributed by atoms with Gasteiger partial charge in [0, 0.05) is 47.8 Å². The Labute approximate surface area is 307 Å². The Hall–Kier alpha value is -1.38. The topological polar surface area (TPSA) is 114 Å². The molecule has 4 aliphatic rings. The fraction of sp³-hybridized carbons (Fsp3) is 0.949. The van der Waals surface area contributed by atoms with Gasteiger partial charge in [-0.1, -0.05) is 27.7 Å². The van der Waals surface area contributed by atoms with Crippen molar-refractivity contribution in [1.82, 2.24) is 10.1 Å². The Kier molecular flexibility index (Phi) is 12.8. The maximum atomic E-state index is 13.1. The minimum atomic E-state index is -0.920. The van der Waals surface area contributed by atoms with Crippen LogP contribution in [-0.4, -0.2) is 108 Å². The molecule has 2 spiro atoms. The molecule has 0 aromatic rings. The highest BCUT2D eigenvalue weighted by Gasteiger charge is 2.59. The highest BCUT2D eigenvalue weighted by atomic mass is 16.7. The van der Waals surface area contributed by atoms with Crippen molar-refractivity contribution in [1.29, 1.82) is 0 Å². The molecule has 4 aliphatic heterocycles. The molecule has 0 bridgehead atoms. The summed E-state index contributed by atoms with van der Waals surface area (Å²) in [5.41, 5.74) is -2.68. The number of hydrogen-bond acceptors (Lipinski definition) is 12. The van der Waals surface area contributed by atoms with Crippen LogP contribution in [0.3, 0.4) is 0 Å². The fourth-order valence-electron chi connectivity index (χ4n) is 8.94. The second-order valence-corrected chi connectivity index (χ2v) is 18.7. The molecule has 12 heteroatoms. The number of nitrogens with zero attached hydrogens (tertiary/aromatic N) is 2. The molecule has 4 fully saturated rings. The molecule has 4 heterocycles. The summed E-state index contributed by atoms with van der Waals surface area (Å²) in [6, 6.07) is 0. The second-order valence-electron chi connectivity index (χ2n) is 18.7. The maximum absolute atomic E-state index is 13.1. The molecule has 12 nitrogen and oxygen atoms in total. The Bertz CT molecular complexity index is 1160. The molecule has 51 heavy (non-hydrogen) atoms. The van der Waals surface area contributed by atoms with E-state index in [0.717, 1.165) is 0 Å². The lowest BCUT2D eigenvalue weighted by atomic mass is 9.76. The molecule has 4 rings (SSSR count). The lowest BCUT2D eigenvalue weighted by Crippen LogP contribution is -2.69. The number of carbonyl (C=O) groups is 2. The van der Waals surface area contributed by atoms with E-state index >= 15 is 0 Å². The third-order valence-corrected chi connectivity index (χ3v) is 11.1. The van der Waals surface area contributed by atoms with Gasteiger partial charge in [0.2, 0.25) is 0 Å². The van der Waals surface area contributed by atoms with Gasteiger partial charge >= 0.3 is 11.9 Å². The van der Waals surface area contributed by atoms with E-state index in [1.165, 1.54) is 0 Å². The van der Waals surface area contributed by atoms with Crippen molar-refractivity contribution < 1.29 is 47.7 Å². The summed E-state index contributed by atoms with van der Waals surface area (Å²) in [6.07, 6.45) is 3.60. The summed E-state index contributed by atoms with van der Waals surface area (Å²) in [7, 11) is 0. The van der Waals surface area contributed by atoms with Crippen molar-refractivity contribution in [3.8, 4) is 0 Å². The number of ether oxygens (including phenoxy) is 6. The highest BCUT2D eigenvalue weighted by molar-refractivity contribution is 5.78. The molecule has 0 N–H and O–H groups in total. The molecule has 4 saturated heterocycles. The van der Waals surface area contributed by atoms with Gasteiger partial charge in [0.25, 0.3) is 0 Å². The summed E-state index contributed by atoms with van der Waals surface area (Å²) >= 11 is 0. The van der Waals surface area contributed by atoms with Gasteiger partial charge in [-0.3, -0.25) is 19.3 Å². The molecule has 0 amide bonds. The summed E-state index contributed by atoms with van der Waals surface area (Å²) < 4.78 is 37.7. The van der Waals surface area contributed by atoms with Crippen molar-refractivity contribution in [3.63, 3.8) is 0 Å². The first kappa shape index (κ1) is 42.4. The van der Waals surface area contributed by atoms with Crippen LogP contribution in [-0.2, 0) is 47.7 Å². The third-order valence-electron chi connectivity index (χ3n) is 11.1. The predicted molar refractivity (Wildman–Crippen MR) is 192 cm³/mol. The first-order valence-electron chi connectivity index (χ1n) is 19.3. The Morgan fingerprint density at radius 2 is 1.06 bits per heavy atom. The van der Waals surface area contributed by atoms with Crippen LogP contribution in [0.15, 0.2) is 0 Å². The molecule has 0 aromatic heterocycles. The van der Waals surface area contributed by atoms with Gasteiger partial charge in [0.05, 0.1) is 57.9 Å². The average Bonchev–Trinajstić information content (AvgIpc) is 3.01. The summed E-state index contributed by atoms with van der Waals surface area (Å²) in [5.74, 6) is -2.06. The molecule has 0 aliphatic carbocycles. The smallest absolute Gasteiger partial charge is 0.307 e. The van der Waals surface area contributed by atoms with E-state index in [1.54, 1.807) is 0 Å². The van der Waals surface area contributed by atoms with Gasteiger partial charge in [0.15, 0.2) is 17.2 Å². The lowest BCUT2D eigenvalue weighted by molar-refractivity contribution is -0.387. The van der Waals surface area contributed by atoms with Crippen LogP contribution >= 0.6 is 0 Å². The first-order chi connectivity index (χ1) is 23.5. The Morgan fingerprint density at radius 1 is 0.627 bits per heavy atom. The summed E-state index contributed by atoms with van der Waals surface area (Å²) in [6.45, 7) is 30.1. The molecule has 0 saturated carbocycles. The Morgan fingerprint density at radius 3 is 1.47 bits per heavy atom. The van der Waals surface area contributed by atoms with Crippen LogP contribution in [0.2, 0.25) is 0 Å². The quantitative estimate of drug-likeness (QED) is 0.188. The van der Waals surface area contributed by atoms with Crippen molar-refractivity contribution in [2.75, 3.05) is 46.2 Å². The molecule has 296 valence electrons. The van der Waals surface area contributed by atoms with Gasteiger partial charge in [-0.25, -0.2) is 0 Å². The van der Waals surface area contributed by atoms with Gasteiger partial charge < -0.3 is 28.4 Å². The van der Waals surface area contributed by atoms with Crippen LogP contribution in [0.4, 0.5) is 0 Å². The SMILES string of the molecule is CCON1C(C)(C)CC2(CC1(C)C)OCC(CC)(OC(=O)CCC(=O)OCC1(CC)COC3(CC(C)(C)N(OCC(C)C)C(C)(C)C3)OC1)CO2. The van der Waals surface area contributed by atoms with E-state index in [4.69, 9.17) is 38.1 Å². The van der Waals surface area contributed by atoms with Crippen LogP contribution in [0.1, 0.15) is 141 Å². The van der Waals surface area contributed by atoms with Crippen LogP contribution in [0.5, 0.6) is 0 Å². The largest absolute Gasteiger partial charge is 0.465 e. The molecule has 0 unspecified atom stereocenters. The van der Waals surface area contributed by atoms with Crippen LogP contribution < -0.4 is 0 Å². The molecular formula is C39H70N2O10. The van der Waals surface area contributed by atoms with Crippen molar-refractivity contribution in [2.24, 2.45) is 11.3 Å². The van der Waals surface area contributed by atoms with E-state index < -0.39 is 34.5 Å². The van der Waals surface area contributed by atoms with Crippen molar-refractivity contribution in [2.45, 2.75) is 181 Å². The third kappa shape index (κ3) is 9.65. The predicted octanol–water partition coefficient (Wildman–Crippen LogP) is 6.73. The minimum absolute atomic E-state index is 0.0834. The van der Waals surface area contributed by atoms with E-state index in [0.29, 0.717) is 70.9 Å². The van der Waals surface area contributed by atoms with Gasteiger partial charge in [-0.05, 0) is 81.1 Å². The summed E-state index contributed by atoms with van der Waals surface area (Å²) in [5, 5.41) is 4.18. The number of hydroxylamine groups is 4. The van der Waals surface area contributed by atoms with Crippen molar-refractivity contribution >= 4 is 11.9 Å². The number of hydrogen-bond donors (Lipinski definition) is 0. The van der Waals surface area contributed by atoms with E-state index in [-0.39, 0.29) is 54.8 Å². The average molecular weight is 727 g/mol. The minimum Gasteiger partial charge on any atom is -0.465 e. The zero-order chi connectivity index (χ0) is 38.2.